The van der Waals surface area contributed by atoms with Crippen molar-refractivity contribution in [1.82, 2.24) is 10.6 Å². The third kappa shape index (κ3) is 5.34. The first kappa shape index (κ1) is 15.4. The van der Waals surface area contributed by atoms with Crippen LogP contribution in [0.3, 0.4) is 0 Å². The van der Waals surface area contributed by atoms with Crippen LogP contribution in [0.4, 0.5) is 11.4 Å². The van der Waals surface area contributed by atoms with Crippen LogP contribution in [0.1, 0.15) is 6.92 Å². The van der Waals surface area contributed by atoms with Gasteiger partial charge in [0.05, 0.1) is 18.0 Å². The van der Waals surface area contributed by atoms with E-state index < -0.39 is 4.92 Å². The third-order valence-corrected chi connectivity index (χ3v) is 2.33. The van der Waals surface area contributed by atoms with E-state index in [0.717, 1.165) is 0 Å². The summed E-state index contributed by atoms with van der Waals surface area (Å²) in [5.41, 5.74) is 0.407. The number of rotatable bonds is 7. The zero-order valence-electron chi connectivity index (χ0n) is 11.0. The van der Waals surface area contributed by atoms with Crippen molar-refractivity contribution >= 4 is 23.2 Å². The van der Waals surface area contributed by atoms with Crippen LogP contribution in [0.5, 0.6) is 0 Å². The Labute approximate surface area is 115 Å². The summed E-state index contributed by atoms with van der Waals surface area (Å²) in [5, 5.41) is 18.3. The zero-order chi connectivity index (χ0) is 15.0. The number of carbonyl (C=O) groups is 2. The number of non-ortho nitro benzene ring substituents is 1. The molecule has 1 rings (SSSR count). The van der Waals surface area contributed by atoms with Crippen LogP contribution in [-0.2, 0) is 9.59 Å². The molecule has 0 spiro atoms. The second kappa shape index (κ2) is 7.72. The number of likely N-dealkylation sites (N-methyl/N-ethyl adjacent to an activating group) is 1. The van der Waals surface area contributed by atoms with Crippen molar-refractivity contribution in [2.24, 2.45) is 0 Å². The first-order valence-corrected chi connectivity index (χ1v) is 6.04. The first-order chi connectivity index (χ1) is 9.52. The van der Waals surface area contributed by atoms with Crippen molar-refractivity contribution in [3.05, 3.63) is 34.4 Å². The van der Waals surface area contributed by atoms with E-state index in [-0.39, 0.29) is 30.6 Å². The monoisotopic (exact) mass is 280 g/mol. The molecule has 0 unspecified atom stereocenters. The fourth-order valence-electron chi connectivity index (χ4n) is 1.41. The van der Waals surface area contributed by atoms with Crippen LogP contribution in [0, 0.1) is 10.1 Å². The van der Waals surface area contributed by atoms with Gasteiger partial charge in [-0.25, -0.2) is 0 Å². The summed E-state index contributed by atoms with van der Waals surface area (Å²) in [7, 11) is 0. The average Bonchev–Trinajstić information content (AvgIpc) is 2.43. The minimum Gasteiger partial charge on any atom is -0.376 e. The third-order valence-electron chi connectivity index (χ3n) is 2.33. The Balaban J connectivity index is 2.39. The first-order valence-electron chi connectivity index (χ1n) is 6.04. The minimum atomic E-state index is -0.514. The highest BCUT2D eigenvalue weighted by Gasteiger charge is 2.07. The molecule has 20 heavy (non-hydrogen) atoms. The smallest absolute Gasteiger partial charge is 0.271 e. The van der Waals surface area contributed by atoms with E-state index in [4.69, 9.17) is 0 Å². The van der Waals surface area contributed by atoms with E-state index in [1.54, 1.807) is 13.0 Å². The van der Waals surface area contributed by atoms with Crippen LogP contribution in [0.15, 0.2) is 24.3 Å². The molecule has 0 aromatic heterocycles. The normalized spacial score (nSPS) is 9.65. The Kier molecular flexibility index (Phi) is 5.95. The highest BCUT2D eigenvalue weighted by molar-refractivity contribution is 5.86. The lowest BCUT2D eigenvalue weighted by molar-refractivity contribution is -0.384. The largest absolute Gasteiger partial charge is 0.376 e. The van der Waals surface area contributed by atoms with Crippen molar-refractivity contribution in [3.8, 4) is 0 Å². The Morgan fingerprint density at radius 1 is 1.20 bits per heavy atom. The second-order valence-corrected chi connectivity index (χ2v) is 3.89. The molecular weight excluding hydrogens is 264 g/mol. The predicted octanol–water partition coefficient (Wildman–Crippen LogP) is 0.259. The molecule has 0 fully saturated rings. The Bertz CT molecular complexity index is 504. The number of nitrogens with zero attached hydrogens (tertiary/aromatic N) is 1. The number of hydrogen-bond donors (Lipinski definition) is 3. The van der Waals surface area contributed by atoms with Gasteiger partial charge in [-0.2, -0.15) is 0 Å². The standard InChI is InChI=1S/C12H16N4O4/c1-2-13-11(17)8-15-12(18)7-14-9-4-3-5-10(6-9)16(19)20/h3-6,14H,2,7-8H2,1H3,(H,13,17)(H,15,18). The van der Waals surface area contributed by atoms with Crippen LogP contribution in [0.25, 0.3) is 0 Å². The average molecular weight is 280 g/mol. The summed E-state index contributed by atoms with van der Waals surface area (Å²) in [6, 6.07) is 5.83. The maximum Gasteiger partial charge on any atom is 0.271 e. The van der Waals surface area contributed by atoms with Gasteiger partial charge >= 0.3 is 0 Å². The number of amides is 2. The van der Waals surface area contributed by atoms with Crippen LogP contribution in [-0.4, -0.2) is 36.4 Å². The quantitative estimate of drug-likeness (QED) is 0.489. The van der Waals surface area contributed by atoms with Gasteiger partial charge in [0.25, 0.3) is 5.69 Å². The lowest BCUT2D eigenvalue weighted by Crippen LogP contribution is -2.39. The minimum absolute atomic E-state index is 0.0577. The van der Waals surface area contributed by atoms with Gasteiger partial charge in [0.15, 0.2) is 0 Å². The molecule has 0 heterocycles. The lowest BCUT2D eigenvalue weighted by atomic mass is 10.3. The van der Waals surface area contributed by atoms with Crippen molar-refractivity contribution in [1.29, 1.82) is 0 Å². The van der Waals surface area contributed by atoms with Crippen molar-refractivity contribution in [2.45, 2.75) is 6.92 Å². The summed E-state index contributed by atoms with van der Waals surface area (Å²) in [6.45, 7) is 2.12. The molecule has 0 aliphatic carbocycles. The molecule has 8 heteroatoms. The summed E-state index contributed by atoms with van der Waals surface area (Å²) in [4.78, 5) is 32.6. The molecule has 1 aromatic rings. The molecule has 3 N–H and O–H groups in total. The molecule has 0 aliphatic heterocycles. The second-order valence-electron chi connectivity index (χ2n) is 3.89. The highest BCUT2D eigenvalue weighted by Crippen LogP contribution is 2.16. The number of carbonyl (C=O) groups excluding carboxylic acids is 2. The highest BCUT2D eigenvalue weighted by atomic mass is 16.6. The molecule has 2 amide bonds. The number of benzene rings is 1. The molecule has 0 atom stereocenters. The van der Waals surface area contributed by atoms with Crippen LogP contribution < -0.4 is 16.0 Å². The SMILES string of the molecule is CCNC(=O)CNC(=O)CNc1cccc([N+](=O)[O-])c1. The maximum atomic E-state index is 11.5. The van der Waals surface area contributed by atoms with Gasteiger partial charge in [-0.1, -0.05) is 6.07 Å². The molecule has 108 valence electrons. The van der Waals surface area contributed by atoms with Gasteiger partial charge in [-0.3, -0.25) is 19.7 Å². The number of nitro groups is 1. The Hall–Kier alpha value is -2.64. The van der Waals surface area contributed by atoms with Gasteiger partial charge in [0, 0.05) is 24.4 Å². The number of nitro benzene ring substituents is 1. The van der Waals surface area contributed by atoms with Crippen molar-refractivity contribution in [2.75, 3.05) is 25.0 Å². The van der Waals surface area contributed by atoms with E-state index in [2.05, 4.69) is 16.0 Å². The summed E-state index contributed by atoms with van der Waals surface area (Å²) in [6.07, 6.45) is 0. The number of anilines is 1. The lowest BCUT2D eigenvalue weighted by Gasteiger charge is -2.07. The maximum absolute atomic E-state index is 11.5. The Morgan fingerprint density at radius 2 is 1.90 bits per heavy atom. The van der Waals surface area contributed by atoms with E-state index >= 15 is 0 Å². The summed E-state index contributed by atoms with van der Waals surface area (Å²) in [5.74, 6) is -0.640. The molecule has 1 aromatic carbocycles. The van der Waals surface area contributed by atoms with Gasteiger partial charge in [0.1, 0.15) is 0 Å². The fourth-order valence-corrected chi connectivity index (χ4v) is 1.41. The van der Waals surface area contributed by atoms with Gasteiger partial charge in [0.2, 0.25) is 11.8 Å². The molecule has 0 aliphatic rings. The van der Waals surface area contributed by atoms with E-state index in [9.17, 15) is 19.7 Å². The molecule has 0 bridgehead atoms. The topological polar surface area (TPSA) is 113 Å². The molecule has 0 radical (unpaired) electrons. The van der Waals surface area contributed by atoms with E-state index in [1.807, 2.05) is 0 Å². The Morgan fingerprint density at radius 3 is 2.55 bits per heavy atom. The molecule has 8 nitrogen and oxygen atoms in total. The van der Waals surface area contributed by atoms with Crippen molar-refractivity contribution < 1.29 is 14.5 Å². The predicted molar refractivity (Wildman–Crippen MR) is 73.3 cm³/mol. The molecular formula is C12H16N4O4. The summed E-state index contributed by atoms with van der Waals surface area (Å²) >= 11 is 0. The van der Waals surface area contributed by atoms with Crippen LogP contribution in [0.2, 0.25) is 0 Å². The number of nitrogens with one attached hydrogen (secondary N) is 3. The molecule has 0 saturated heterocycles. The van der Waals surface area contributed by atoms with Gasteiger partial charge < -0.3 is 16.0 Å². The van der Waals surface area contributed by atoms with E-state index in [1.165, 1.54) is 18.2 Å². The summed E-state index contributed by atoms with van der Waals surface area (Å²) < 4.78 is 0. The van der Waals surface area contributed by atoms with Gasteiger partial charge in [-0.15, -0.1) is 0 Å². The zero-order valence-corrected chi connectivity index (χ0v) is 11.0. The van der Waals surface area contributed by atoms with Crippen LogP contribution >= 0.6 is 0 Å². The van der Waals surface area contributed by atoms with Crippen molar-refractivity contribution in [3.63, 3.8) is 0 Å². The molecule has 0 saturated carbocycles. The number of hydrogen-bond acceptors (Lipinski definition) is 5. The fraction of sp³-hybridized carbons (Fsp3) is 0.333. The van der Waals surface area contributed by atoms with E-state index in [0.29, 0.717) is 12.2 Å². The van der Waals surface area contributed by atoms with Gasteiger partial charge in [-0.05, 0) is 13.0 Å².